The summed E-state index contributed by atoms with van der Waals surface area (Å²) in [5, 5.41) is 0. The van der Waals surface area contributed by atoms with Crippen molar-refractivity contribution in [1.82, 2.24) is 4.90 Å². The van der Waals surface area contributed by atoms with Crippen molar-refractivity contribution in [3.05, 3.63) is 44.5 Å². The molecule has 0 aliphatic carbocycles. The van der Waals surface area contributed by atoms with Crippen molar-refractivity contribution in [3.63, 3.8) is 0 Å². The van der Waals surface area contributed by atoms with Gasteiger partial charge in [-0.15, -0.1) is 6.58 Å². The minimum Gasteiger partial charge on any atom is -0.335 e. The maximum Gasteiger partial charge on any atom is 0.255 e. The van der Waals surface area contributed by atoms with E-state index in [4.69, 9.17) is 0 Å². The molecule has 0 saturated heterocycles. The number of carbonyl (C=O) groups is 1. The Morgan fingerprint density at radius 3 is 2.88 bits per heavy atom. The molecule has 0 unspecified atom stereocenters. The first kappa shape index (κ1) is 13.7. The van der Waals surface area contributed by atoms with Gasteiger partial charge in [0.1, 0.15) is 0 Å². The molecule has 0 radical (unpaired) electrons. The Bertz CT molecular complexity index is 406. The van der Waals surface area contributed by atoms with Crippen molar-refractivity contribution in [2.75, 3.05) is 13.1 Å². The predicted molar refractivity (Wildman–Crippen MR) is 78.6 cm³/mol. The smallest absolute Gasteiger partial charge is 0.255 e. The van der Waals surface area contributed by atoms with Crippen LogP contribution in [0.1, 0.15) is 17.3 Å². The third kappa shape index (κ3) is 3.31. The molecular formula is C12H13BrINO. The Morgan fingerprint density at radius 2 is 2.31 bits per heavy atom. The molecule has 1 rings (SSSR count). The summed E-state index contributed by atoms with van der Waals surface area (Å²) in [5.41, 5.74) is 0.704. The summed E-state index contributed by atoms with van der Waals surface area (Å²) < 4.78 is 1.89. The quantitative estimate of drug-likeness (QED) is 0.564. The van der Waals surface area contributed by atoms with Crippen molar-refractivity contribution in [3.8, 4) is 0 Å². The number of rotatable bonds is 4. The summed E-state index contributed by atoms with van der Waals surface area (Å²) in [6, 6.07) is 5.75. The molecule has 0 spiro atoms. The molecule has 4 heteroatoms. The van der Waals surface area contributed by atoms with Crippen LogP contribution in [0.3, 0.4) is 0 Å². The Hall–Kier alpha value is -0.360. The van der Waals surface area contributed by atoms with Crippen LogP contribution in [-0.4, -0.2) is 23.9 Å². The number of likely N-dealkylation sites (N-methyl/N-ethyl adjacent to an activating group) is 1. The monoisotopic (exact) mass is 393 g/mol. The van der Waals surface area contributed by atoms with E-state index in [1.54, 1.807) is 11.0 Å². The number of halogens is 2. The average Bonchev–Trinajstić information content (AvgIpc) is 2.28. The molecule has 0 bridgehead atoms. The van der Waals surface area contributed by atoms with Gasteiger partial charge in [0.15, 0.2) is 0 Å². The average molecular weight is 394 g/mol. The van der Waals surface area contributed by atoms with Gasteiger partial charge >= 0.3 is 0 Å². The van der Waals surface area contributed by atoms with Crippen LogP contribution in [-0.2, 0) is 0 Å². The summed E-state index contributed by atoms with van der Waals surface area (Å²) in [6.45, 7) is 6.88. The SMILES string of the molecule is C=CCN(CC)C(=O)c1cc(I)ccc1Br. The van der Waals surface area contributed by atoms with Crippen LogP contribution < -0.4 is 0 Å². The fraction of sp³-hybridized carbons (Fsp3) is 0.250. The van der Waals surface area contributed by atoms with Gasteiger partial charge in [0.2, 0.25) is 0 Å². The van der Waals surface area contributed by atoms with Gasteiger partial charge in [0, 0.05) is 21.1 Å². The lowest BCUT2D eigenvalue weighted by molar-refractivity contribution is 0.0781. The first-order valence-corrected chi connectivity index (χ1v) is 6.82. The second-order valence-corrected chi connectivity index (χ2v) is 5.36. The second kappa shape index (κ2) is 6.39. The molecular weight excluding hydrogens is 381 g/mol. The molecule has 1 aromatic carbocycles. The van der Waals surface area contributed by atoms with Crippen LogP contribution in [0, 0.1) is 3.57 Å². The first-order valence-electron chi connectivity index (χ1n) is 4.95. The van der Waals surface area contributed by atoms with E-state index < -0.39 is 0 Å². The fourth-order valence-electron chi connectivity index (χ4n) is 1.34. The van der Waals surface area contributed by atoms with Crippen LogP contribution in [0.25, 0.3) is 0 Å². The highest BCUT2D eigenvalue weighted by molar-refractivity contribution is 14.1. The predicted octanol–water partition coefficient (Wildman–Crippen LogP) is 3.70. The molecule has 0 aliphatic heterocycles. The molecule has 16 heavy (non-hydrogen) atoms. The molecule has 0 aromatic heterocycles. The molecule has 0 N–H and O–H groups in total. The first-order chi connectivity index (χ1) is 7.60. The summed E-state index contributed by atoms with van der Waals surface area (Å²) in [5.74, 6) is 0.0350. The van der Waals surface area contributed by atoms with Crippen molar-refractivity contribution >= 4 is 44.4 Å². The minimum absolute atomic E-state index is 0.0350. The third-order valence-corrected chi connectivity index (χ3v) is 3.54. The van der Waals surface area contributed by atoms with Crippen LogP contribution >= 0.6 is 38.5 Å². The zero-order valence-corrected chi connectivity index (χ0v) is 12.8. The van der Waals surface area contributed by atoms with Gasteiger partial charge in [0.05, 0.1) is 5.56 Å². The maximum atomic E-state index is 12.2. The zero-order valence-electron chi connectivity index (χ0n) is 9.04. The molecule has 1 aromatic rings. The number of amides is 1. The van der Waals surface area contributed by atoms with E-state index in [0.29, 0.717) is 18.7 Å². The number of hydrogen-bond donors (Lipinski definition) is 0. The van der Waals surface area contributed by atoms with E-state index >= 15 is 0 Å². The Kier molecular flexibility index (Phi) is 5.48. The molecule has 1 amide bonds. The van der Waals surface area contributed by atoms with Gasteiger partial charge in [-0.3, -0.25) is 4.79 Å². The van der Waals surface area contributed by atoms with Gasteiger partial charge in [0.25, 0.3) is 5.91 Å². The number of hydrogen-bond acceptors (Lipinski definition) is 1. The highest BCUT2D eigenvalue weighted by Gasteiger charge is 2.15. The van der Waals surface area contributed by atoms with Crippen LogP contribution in [0.2, 0.25) is 0 Å². The molecule has 2 nitrogen and oxygen atoms in total. The third-order valence-electron chi connectivity index (χ3n) is 2.18. The van der Waals surface area contributed by atoms with Crippen molar-refractivity contribution in [2.45, 2.75) is 6.92 Å². The second-order valence-electron chi connectivity index (χ2n) is 3.26. The summed E-state index contributed by atoms with van der Waals surface area (Å²) >= 11 is 5.60. The molecule has 0 heterocycles. The lowest BCUT2D eigenvalue weighted by Crippen LogP contribution is -2.31. The number of carbonyl (C=O) groups excluding carboxylic acids is 1. The largest absolute Gasteiger partial charge is 0.335 e. The van der Waals surface area contributed by atoms with Gasteiger partial charge in [-0.2, -0.15) is 0 Å². The minimum atomic E-state index is 0.0350. The number of benzene rings is 1. The molecule has 0 atom stereocenters. The Labute approximate surface area is 118 Å². The molecule has 0 saturated carbocycles. The normalized spacial score (nSPS) is 9.94. The van der Waals surface area contributed by atoms with Gasteiger partial charge in [-0.1, -0.05) is 6.08 Å². The lowest BCUT2D eigenvalue weighted by atomic mass is 10.2. The van der Waals surface area contributed by atoms with Crippen molar-refractivity contribution in [1.29, 1.82) is 0 Å². The maximum absolute atomic E-state index is 12.2. The molecule has 86 valence electrons. The Morgan fingerprint density at radius 1 is 1.62 bits per heavy atom. The molecule has 0 aliphatic rings. The fourth-order valence-corrected chi connectivity index (χ4v) is 2.25. The van der Waals surface area contributed by atoms with Gasteiger partial charge in [-0.25, -0.2) is 0 Å². The highest BCUT2D eigenvalue weighted by atomic mass is 127. The highest BCUT2D eigenvalue weighted by Crippen LogP contribution is 2.21. The van der Waals surface area contributed by atoms with Crippen LogP contribution in [0.15, 0.2) is 35.3 Å². The summed E-state index contributed by atoms with van der Waals surface area (Å²) in [6.07, 6.45) is 1.74. The summed E-state index contributed by atoms with van der Waals surface area (Å²) in [7, 11) is 0. The van der Waals surface area contributed by atoms with E-state index in [-0.39, 0.29) is 5.91 Å². The van der Waals surface area contributed by atoms with Crippen molar-refractivity contribution < 1.29 is 4.79 Å². The van der Waals surface area contributed by atoms with Crippen LogP contribution in [0.5, 0.6) is 0 Å². The number of nitrogens with zero attached hydrogens (tertiary/aromatic N) is 1. The van der Waals surface area contributed by atoms with Crippen molar-refractivity contribution in [2.24, 2.45) is 0 Å². The standard InChI is InChI=1S/C12H13BrINO/c1-3-7-15(4-2)12(16)10-8-9(14)5-6-11(10)13/h3,5-6,8H,1,4,7H2,2H3. The lowest BCUT2D eigenvalue weighted by Gasteiger charge is -2.19. The zero-order chi connectivity index (χ0) is 12.1. The van der Waals surface area contributed by atoms with Gasteiger partial charge < -0.3 is 4.90 Å². The molecule has 0 fully saturated rings. The van der Waals surface area contributed by atoms with E-state index in [2.05, 4.69) is 45.1 Å². The van der Waals surface area contributed by atoms with Gasteiger partial charge in [-0.05, 0) is 63.6 Å². The van der Waals surface area contributed by atoms with Crippen LogP contribution in [0.4, 0.5) is 0 Å². The van der Waals surface area contributed by atoms with E-state index in [1.807, 2.05) is 25.1 Å². The summed E-state index contributed by atoms with van der Waals surface area (Å²) in [4.78, 5) is 13.9. The Balaban J connectivity index is 3.02. The van der Waals surface area contributed by atoms with E-state index in [0.717, 1.165) is 8.04 Å². The van der Waals surface area contributed by atoms with E-state index in [1.165, 1.54) is 0 Å². The topological polar surface area (TPSA) is 20.3 Å². The van der Waals surface area contributed by atoms with E-state index in [9.17, 15) is 4.79 Å².